The van der Waals surface area contributed by atoms with E-state index in [2.05, 4.69) is 22.5 Å². The highest BCUT2D eigenvalue weighted by molar-refractivity contribution is 4.96. The quantitative estimate of drug-likeness (QED) is 0.581. The van der Waals surface area contributed by atoms with Crippen molar-refractivity contribution in [3.63, 3.8) is 0 Å². The van der Waals surface area contributed by atoms with Crippen molar-refractivity contribution in [1.82, 2.24) is 5.32 Å². The first-order valence-corrected chi connectivity index (χ1v) is 3.96. The van der Waals surface area contributed by atoms with E-state index in [0.29, 0.717) is 5.92 Å². The van der Waals surface area contributed by atoms with Gasteiger partial charge >= 0.3 is 0 Å². The molecule has 0 aromatic rings. The van der Waals surface area contributed by atoms with E-state index in [9.17, 15) is 0 Å². The van der Waals surface area contributed by atoms with Crippen molar-refractivity contribution in [2.24, 2.45) is 16.1 Å². The Labute approximate surface area is 60.9 Å². The zero-order valence-corrected chi connectivity index (χ0v) is 6.30. The molecule has 0 aromatic carbocycles. The Morgan fingerprint density at radius 3 is 2.40 bits per heavy atom. The predicted octanol–water partition coefficient (Wildman–Crippen LogP) is 1.17. The Morgan fingerprint density at radius 1 is 1.30 bits per heavy atom. The maximum atomic E-state index is 4.06. The summed E-state index contributed by atoms with van der Waals surface area (Å²) in [4.78, 5) is 0. The van der Waals surface area contributed by atoms with E-state index < -0.39 is 0 Å². The van der Waals surface area contributed by atoms with Gasteiger partial charge in [0, 0.05) is 5.92 Å². The molecule has 2 aliphatic heterocycles. The lowest BCUT2D eigenvalue weighted by Gasteiger charge is -2.24. The number of hydrogen-bond donors (Lipinski definition) is 1. The fourth-order valence-corrected chi connectivity index (χ4v) is 1.61. The molecule has 0 radical (unpaired) electrons. The number of nitrogens with one attached hydrogen (secondary N) is 1. The van der Waals surface area contributed by atoms with Crippen LogP contribution in [0.4, 0.5) is 0 Å². The van der Waals surface area contributed by atoms with Gasteiger partial charge in [0.1, 0.15) is 0 Å². The molecule has 0 spiro atoms. The Bertz CT molecular complexity index is 152. The SMILES string of the molecule is CC1(C2CCNCC2)N=N1. The van der Waals surface area contributed by atoms with Gasteiger partial charge in [0.2, 0.25) is 0 Å². The van der Waals surface area contributed by atoms with Crippen LogP contribution in [0.25, 0.3) is 0 Å². The van der Waals surface area contributed by atoms with Gasteiger partial charge < -0.3 is 5.32 Å². The predicted molar refractivity (Wildman–Crippen MR) is 38.9 cm³/mol. The molecule has 1 N–H and O–H groups in total. The second kappa shape index (κ2) is 2.02. The Morgan fingerprint density at radius 2 is 1.90 bits per heavy atom. The molecular formula is C7H13N3. The minimum atomic E-state index is 0.0299. The van der Waals surface area contributed by atoms with Crippen molar-refractivity contribution in [3.05, 3.63) is 0 Å². The second-order valence-electron chi connectivity index (χ2n) is 3.32. The van der Waals surface area contributed by atoms with Crippen molar-refractivity contribution in [2.75, 3.05) is 13.1 Å². The summed E-state index contributed by atoms with van der Waals surface area (Å²) in [6.07, 6.45) is 2.48. The van der Waals surface area contributed by atoms with Gasteiger partial charge in [-0.3, -0.25) is 0 Å². The largest absolute Gasteiger partial charge is 0.317 e. The number of piperidine rings is 1. The second-order valence-corrected chi connectivity index (χ2v) is 3.32. The van der Waals surface area contributed by atoms with E-state index in [1.165, 1.54) is 12.8 Å². The zero-order chi connectivity index (χ0) is 7.03. The molecule has 2 rings (SSSR count). The lowest BCUT2D eigenvalue weighted by Crippen LogP contribution is -2.34. The third kappa shape index (κ3) is 0.944. The first-order chi connectivity index (χ1) is 4.81. The van der Waals surface area contributed by atoms with Crippen LogP contribution >= 0.6 is 0 Å². The average molecular weight is 139 g/mol. The van der Waals surface area contributed by atoms with Crippen LogP contribution in [0.1, 0.15) is 19.8 Å². The van der Waals surface area contributed by atoms with Gasteiger partial charge in [0.15, 0.2) is 5.66 Å². The van der Waals surface area contributed by atoms with Crippen LogP contribution in [0.2, 0.25) is 0 Å². The molecule has 0 amide bonds. The van der Waals surface area contributed by atoms with Crippen LogP contribution in [0.3, 0.4) is 0 Å². The zero-order valence-electron chi connectivity index (χ0n) is 6.30. The normalized spacial score (nSPS) is 30.5. The smallest absolute Gasteiger partial charge is 0.191 e. The Hall–Kier alpha value is -0.440. The Kier molecular flexibility index (Phi) is 1.27. The number of rotatable bonds is 1. The molecule has 0 unspecified atom stereocenters. The molecule has 3 heteroatoms. The highest BCUT2D eigenvalue weighted by Crippen LogP contribution is 2.39. The van der Waals surface area contributed by atoms with Crippen molar-refractivity contribution >= 4 is 0 Å². The van der Waals surface area contributed by atoms with Crippen molar-refractivity contribution in [2.45, 2.75) is 25.4 Å². The Balaban J connectivity index is 1.91. The van der Waals surface area contributed by atoms with Gasteiger partial charge in [-0.2, -0.15) is 10.2 Å². The maximum Gasteiger partial charge on any atom is 0.191 e. The topological polar surface area (TPSA) is 36.8 Å². The van der Waals surface area contributed by atoms with E-state index in [1.807, 2.05) is 0 Å². The molecule has 1 saturated heterocycles. The summed E-state index contributed by atoms with van der Waals surface area (Å²) in [5.74, 6) is 0.716. The molecule has 0 bridgehead atoms. The van der Waals surface area contributed by atoms with Crippen molar-refractivity contribution < 1.29 is 0 Å². The van der Waals surface area contributed by atoms with Crippen molar-refractivity contribution in [3.8, 4) is 0 Å². The molecule has 0 aliphatic carbocycles. The van der Waals surface area contributed by atoms with Crippen LogP contribution in [-0.4, -0.2) is 18.8 Å². The highest BCUT2D eigenvalue weighted by Gasteiger charge is 2.42. The number of nitrogens with zero attached hydrogens (tertiary/aromatic N) is 2. The molecule has 3 nitrogen and oxygen atoms in total. The average Bonchev–Trinajstić information content (AvgIpc) is 2.72. The van der Waals surface area contributed by atoms with Gasteiger partial charge in [0.25, 0.3) is 0 Å². The van der Waals surface area contributed by atoms with Crippen LogP contribution in [-0.2, 0) is 0 Å². The van der Waals surface area contributed by atoms with Gasteiger partial charge in [-0.15, -0.1) is 0 Å². The molecule has 2 heterocycles. The molecule has 10 heavy (non-hydrogen) atoms. The highest BCUT2D eigenvalue weighted by atomic mass is 15.4. The lowest BCUT2D eigenvalue weighted by atomic mass is 9.89. The van der Waals surface area contributed by atoms with Crippen LogP contribution in [0.5, 0.6) is 0 Å². The van der Waals surface area contributed by atoms with E-state index in [1.54, 1.807) is 0 Å². The molecule has 1 fully saturated rings. The third-order valence-electron chi connectivity index (χ3n) is 2.53. The van der Waals surface area contributed by atoms with E-state index in [4.69, 9.17) is 0 Å². The summed E-state index contributed by atoms with van der Waals surface area (Å²) >= 11 is 0. The van der Waals surface area contributed by atoms with Gasteiger partial charge in [0.05, 0.1) is 0 Å². The van der Waals surface area contributed by atoms with Crippen LogP contribution in [0.15, 0.2) is 10.2 Å². The molecule has 0 aromatic heterocycles. The van der Waals surface area contributed by atoms with Crippen LogP contribution < -0.4 is 5.32 Å². The number of hydrogen-bond acceptors (Lipinski definition) is 3. The summed E-state index contributed by atoms with van der Waals surface area (Å²) in [6.45, 7) is 4.42. The van der Waals surface area contributed by atoms with Gasteiger partial charge in [-0.05, 0) is 32.9 Å². The molecule has 2 aliphatic rings. The van der Waals surface area contributed by atoms with E-state index in [0.717, 1.165) is 13.1 Å². The maximum absolute atomic E-state index is 4.06. The van der Waals surface area contributed by atoms with Gasteiger partial charge in [-0.25, -0.2) is 0 Å². The minimum Gasteiger partial charge on any atom is -0.317 e. The molecule has 0 saturated carbocycles. The van der Waals surface area contributed by atoms with Crippen LogP contribution in [0, 0.1) is 5.92 Å². The summed E-state index contributed by atoms with van der Waals surface area (Å²) in [5, 5.41) is 11.4. The van der Waals surface area contributed by atoms with E-state index in [-0.39, 0.29) is 5.66 Å². The molecular weight excluding hydrogens is 126 g/mol. The monoisotopic (exact) mass is 139 g/mol. The fraction of sp³-hybridized carbons (Fsp3) is 1.00. The molecule has 56 valence electrons. The van der Waals surface area contributed by atoms with Gasteiger partial charge in [-0.1, -0.05) is 0 Å². The van der Waals surface area contributed by atoms with Crippen molar-refractivity contribution in [1.29, 1.82) is 0 Å². The fourth-order valence-electron chi connectivity index (χ4n) is 1.61. The first-order valence-electron chi connectivity index (χ1n) is 3.96. The summed E-state index contributed by atoms with van der Waals surface area (Å²) < 4.78 is 0. The minimum absolute atomic E-state index is 0.0299. The summed E-state index contributed by atoms with van der Waals surface area (Å²) in [5.41, 5.74) is 0.0299. The standard InChI is InChI=1S/C7H13N3/c1-7(9-10-7)6-2-4-8-5-3-6/h6,8H,2-5H2,1H3. The summed E-state index contributed by atoms with van der Waals surface area (Å²) in [6, 6.07) is 0. The summed E-state index contributed by atoms with van der Waals surface area (Å²) in [7, 11) is 0. The first kappa shape index (κ1) is 6.28. The van der Waals surface area contributed by atoms with E-state index >= 15 is 0 Å². The lowest BCUT2D eigenvalue weighted by molar-refractivity contribution is 0.300. The third-order valence-corrected chi connectivity index (χ3v) is 2.53. The molecule has 0 atom stereocenters.